The van der Waals surface area contributed by atoms with Crippen molar-refractivity contribution in [2.24, 2.45) is 0 Å². The van der Waals surface area contributed by atoms with Gasteiger partial charge in [0, 0.05) is 0 Å². The average Bonchev–Trinajstić information content (AvgIpc) is 3.12. The van der Waals surface area contributed by atoms with Crippen LogP contribution in [0.25, 0.3) is 22.6 Å². The maximum atomic E-state index is 11.0. The Morgan fingerprint density at radius 1 is 1.19 bits per heavy atom. The molecule has 0 aliphatic carbocycles. The monoisotopic (exact) mass is 283 g/mol. The number of carbonyl (C=O) groups is 1. The molecule has 2 aromatic carbocycles. The predicted molar refractivity (Wildman–Crippen MR) is 72.5 cm³/mol. The summed E-state index contributed by atoms with van der Waals surface area (Å²) in [6.07, 6.45) is 0. The number of aromatic nitrogens is 1. The standard InChI is InChI=1S/C15H9NO5/c17-15(18)8-4-5-10-12(6-8)21-14(16-10)9-2-1-3-11-13(9)20-7-19-11/h1-6H,7H2,(H,17,18). The van der Waals surface area contributed by atoms with Crippen molar-refractivity contribution in [3.8, 4) is 23.0 Å². The van der Waals surface area contributed by atoms with E-state index >= 15 is 0 Å². The lowest BCUT2D eigenvalue weighted by atomic mass is 10.2. The molecule has 4 rings (SSSR count). The van der Waals surface area contributed by atoms with E-state index in [0.717, 1.165) is 0 Å². The third kappa shape index (κ3) is 1.80. The fourth-order valence-corrected chi connectivity index (χ4v) is 2.27. The molecule has 0 atom stereocenters. The van der Waals surface area contributed by atoms with Crippen LogP contribution in [-0.2, 0) is 0 Å². The SMILES string of the molecule is O=C(O)c1ccc2nc(-c3cccc4c3OCO4)oc2c1. The summed E-state index contributed by atoms with van der Waals surface area (Å²) in [7, 11) is 0. The second kappa shape index (κ2) is 4.24. The topological polar surface area (TPSA) is 81.8 Å². The smallest absolute Gasteiger partial charge is 0.335 e. The van der Waals surface area contributed by atoms with Crippen LogP contribution in [0.2, 0.25) is 0 Å². The highest BCUT2D eigenvalue weighted by Crippen LogP contribution is 2.41. The number of rotatable bonds is 2. The van der Waals surface area contributed by atoms with Crippen LogP contribution in [0, 0.1) is 0 Å². The van der Waals surface area contributed by atoms with Crippen molar-refractivity contribution < 1.29 is 23.8 Å². The van der Waals surface area contributed by atoms with Gasteiger partial charge in [-0.15, -0.1) is 0 Å². The van der Waals surface area contributed by atoms with E-state index in [1.165, 1.54) is 12.1 Å². The lowest BCUT2D eigenvalue weighted by Crippen LogP contribution is -1.94. The number of ether oxygens (including phenoxy) is 2. The van der Waals surface area contributed by atoms with Gasteiger partial charge >= 0.3 is 5.97 Å². The van der Waals surface area contributed by atoms with E-state index in [1.54, 1.807) is 12.1 Å². The van der Waals surface area contributed by atoms with E-state index in [9.17, 15) is 4.79 Å². The third-order valence-corrected chi connectivity index (χ3v) is 3.26. The number of oxazole rings is 1. The van der Waals surface area contributed by atoms with Gasteiger partial charge in [-0.3, -0.25) is 0 Å². The van der Waals surface area contributed by atoms with Crippen molar-refractivity contribution in [3.05, 3.63) is 42.0 Å². The van der Waals surface area contributed by atoms with Crippen LogP contribution >= 0.6 is 0 Å². The maximum Gasteiger partial charge on any atom is 0.335 e. The number of para-hydroxylation sites is 1. The summed E-state index contributed by atoms with van der Waals surface area (Å²) in [5, 5.41) is 9.00. The zero-order valence-electron chi connectivity index (χ0n) is 10.7. The number of nitrogens with zero attached hydrogens (tertiary/aromatic N) is 1. The van der Waals surface area contributed by atoms with Gasteiger partial charge in [0.2, 0.25) is 12.7 Å². The van der Waals surface area contributed by atoms with Gasteiger partial charge in [0.05, 0.1) is 11.1 Å². The molecule has 0 saturated heterocycles. The summed E-state index contributed by atoms with van der Waals surface area (Å²) < 4.78 is 16.4. The summed E-state index contributed by atoms with van der Waals surface area (Å²) in [5.74, 6) is 0.588. The van der Waals surface area contributed by atoms with Gasteiger partial charge in [-0.25, -0.2) is 9.78 Å². The van der Waals surface area contributed by atoms with Crippen LogP contribution in [-0.4, -0.2) is 22.9 Å². The minimum atomic E-state index is -1.01. The molecule has 0 saturated carbocycles. The number of hydrogen-bond acceptors (Lipinski definition) is 5. The highest BCUT2D eigenvalue weighted by Gasteiger charge is 2.21. The van der Waals surface area contributed by atoms with Gasteiger partial charge in [-0.05, 0) is 30.3 Å². The quantitative estimate of drug-likeness (QED) is 0.778. The van der Waals surface area contributed by atoms with E-state index in [-0.39, 0.29) is 12.4 Å². The molecule has 0 amide bonds. The summed E-state index contributed by atoms with van der Waals surface area (Å²) in [6, 6.07) is 10.0. The van der Waals surface area contributed by atoms with Crippen molar-refractivity contribution in [1.82, 2.24) is 4.98 Å². The number of carboxylic acid groups (broad SMARTS) is 1. The molecule has 0 unspecified atom stereocenters. The number of benzene rings is 2. The van der Waals surface area contributed by atoms with Gasteiger partial charge in [0.1, 0.15) is 5.52 Å². The fraction of sp³-hybridized carbons (Fsp3) is 0.0667. The first-order chi connectivity index (χ1) is 10.2. The highest BCUT2D eigenvalue weighted by atomic mass is 16.7. The zero-order valence-corrected chi connectivity index (χ0v) is 10.7. The van der Waals surface area contributed by atoms with Crippen molar-refractivity contribution in [2.75, 3.05) is 6.79 Å². The van der Waals surface area contributed by atoms with Crippen molar-refractivity contribution in [1.29, 1.82) is 0 Å². The van der Waals surface area contributed by atoms with Crippen LogP contribution in [0.4, 0.5) is 0 Å². The summed E-state index contributed by atoms with van der Waals surface area (Å²) in [4.78, 5) is 15.3. The minimum Gasteiger partial charge on any atom is -0.478 e. The Morgan fingerprint density at radius 2 is 2.10 bits per heavy atom. The summed E-state index contributed by atoms with van der Waals surface area (Å²) >= 11 is 0. The molecule has 104 valence electrons. The van der Waals surface area contributed by atoms with E-state index in [4.69, 9.17) is 19.0 Å². The van der Waals surface area contributed by atoms with Crippen LogP contribution in [0.3, 0.4) is 0 Å². The molecule has 21 heavy (non-hydrogen) atoms. The molecule has 2 heterocycles. The van der Waals surface area contributed by atoms with Crippen LogP contribution in [0.1, 0.15) is 10.4 Å². The van der Waals surface area contributed by atoms with Gasteiger partial charge in [-0.2, -0.15) is 0 Å². The zero-order chi connectivity index (χ0) is 14.4. The Hall–Kier alpha value is -3.02. The maximum absolute atomic E-state index is 11.0. The Bertz CT molecular complexity index is 868. The number of fused-ring (bicyclic) bond motifs is 2. The molecular formula is C15H9NO5. The molecule has 0 fully saturated rings. The van der Waals surface area contributed by atoms with E-state index in [0.29, 0.717) is 34.1 Å². The lowest BCUT2D eigenvalue weighted by Gasteiger charge is -2.00. The molecule has 1 aliphatic heterocycles. The largest absolute Gasteiger partial charge is 0.478 e. The molecule has 1 aliphatic rings. The van der Waals surface area contributed by atoms with Gasteiger partial charge in [0.15, 0.2) is 17.1 Å². The number of hydrogen-bond donors (Lipinski definition) is 1. The molecule has 6 heteroatoms. The molecule has 0 bridgehead atoms. The van der Waals surface area contributed by atoms with Crippen LogP contribution < -0.4 is 9.47 Å². The second-order valence-electron chi connectivity index (χ2n) is 4.55. The van der Waals surface area contributed by atoms with E-state index in [2.05, 4.69) is 4.98 Å². The van der Waals surface area contributed by atoms with Gasteiger partial charge < -0.3 is 19.0 Å². The fourth-order valence-electron chi connectivity index (χ4n) is 2.27. The highest BCUT2D eigenvalue weighted by molar-refractivity contribution is 5.92. The first-order valence-corrected chi connectivity index (χ1v) is 6.25. The minimum absolute atomic E-state index is 0.156. The van der Waals surface area contributed by atoms with Crippen LogP contribution in [0.15, 0.2) is 40.8 Å². The third-order valence-electron chi connectivity index (χ3n) is 3.26. The molecule has 1 N–H and O–H groups in total. The molecule has 6 nitrogen and oxygen atoms in total. The summed E-state index contributed by atoms with van der Waals surface area (Å²) in [5.41, 5.74) is 1.84. The normalized spacial score (nSPS) is 12.8. The van der Waals surface area contributed by atoms with Gasteiger partial charge in [0.25, 0.3) is 0 Å². The number of aromatic carboxylic acids is 1. The molecule has 3 aromatic rings. The summed E-state index contributed by atoms with van der Waals surface area (Å²) in [6.45, 7) is 0.162. The predicted octanol–water partition coefficient (Wildman–Crippen LogP) is 2.92. The number of carboxylic acids is 1. The second-order valence-corrected chi connectivity index (χ2v) is 4.55. The Kier molecular flexibility index (Phi) is 2.38. The Balaban J connectivity index is 1.88. The van der Waals surface area contributed by atoms with Crippen molar-refractivity contribution >= 4 is 17.1 Å². The molecule has 1 aromatic heterocycles. The van der Waals surface area contributed by atoms with E-state index in [1.807, 2.05) is 12.1 Å². The van der Waals surface area contributed by atoms with Gasteiger partial charge in [-0.1, -0.05) is 6.07 Å². The molecule has 0 radical (unpaired) electrons. The molecule has 0 spiro atoms. The first-order valence-electron chi connectivity index (χ1n) is 6.25. The first kappa shape index (κ1) is 11.8. The lowest BCUT2D eigenvalue weighted by molar-refractivity contribution is 0.0697. The Morgan fingerprint density at radius 3 is 2.95 bits per heavy atom. The molecular weight excluding hydrogens is 274 g/mol. The van der Waals surface area contributed by atoms with Crippen molar-refractivity contribution in [3.63, 3.8) is 0 Å². The van der Waals surface area contributed by atoms with Crippen molar-refractivity contribution in [2.45, 2.75) is 0 Å². The van der Waals surface area contributed by atoms with Crippen LogP contribution in [0.5, 0.6) is 11.5 Å². The average molecular weight is 283 g/mol. The van der Waals surface area contributed by atoms with E-state index < -0.39 is 5.97 Å². The Labute approximate surface area is 118 Å².